The van der Waals surface area contributed by atoms with Gasteiger partial charge in [0.15, 0.2) is 18.2 Å². The molecule has 25 heavy (non-hydrogen) atoms. The van der Waals surface area contributed by atoms with Crippen LogP contribution in [-0.4, -0.2) is 29.8 Å². The van der Waals surface area contributed by atoms with Crippen molar-refractivity contribution in [1.29, 1.82) is 5.26 Å². The summed E-state index contributed by atoms with van der Waals surface area (Å²) in [7, 11) is 0. The number of thioether (sulfide) groups is 1. The van der Waals surface area contributed by atoms with E-state index in [4.69, 9.17) is 10.00 Å². The molecule has 8 heteroatoms. The fraction of sp³-hybridized carbons (Fsp3) is 0.471. The number of benzene rings is 1. The number of ether oxygens (including phenoxy) is 1. The van der Waals surface area contributed by atoms with Gasteiger partial charge in [0.2, 0.25) is 0 Å². The van der Waals surface area contributed by atoms with Gasteiger partial charge in [0, 0.05) is 10.6 Å². The Bertz CT molecular complexity index is 676. The zero-order chi connectivity index (χ0) is 19.0. The van der Waals surface area contributed by atoms with Crippen LogP contribution in [0.4, 0.5) is 8.78 Å². The second-order valence-corrected chi connectivity index (χ2v) is 7.02. The average Bonchev–Trinajstić information content (AvgIpc) is 2.56. The molecule has 1 amide bonds. The van der Waals surface area contributed by atoms with E-state index in [1.165, 1.54) is 17.8 Å². The Labute approximate surface area is 149 Å². The van der Waals surface area contributed by atoms with E-state index in [1.54, 1.807) is 20.8 Å². The zero-order valence-corrected chi connectivity index (χ0v) is 15.1. The average molecular weight is 370 g/mol. The van der Waals surface area contributed by atoms with Crippen LogP contribution in [0, 0.1) is 28.9 Å². The minimum absolute atomic E-state index is 0.0106. The fourth-order valence-electron chi connectivity index (χ4n) is 1.66. The summed E-state index contributed by atoms with van der Waals surface area (Å²) < 4.78 is 30.7. The third kappa shape index (κ3) is 6.70. The summed E-state index contributed by atoms with van der Waals surface area (Å²) in [5, 5.41) is 11.6. The van der Waals surface area contributed by atoms with E-state index in [0.717, 1.165) is 12.1 Å². The molecule has 5 nitrogen and oxygen atoms in total. The lowest BCUT2D eigenvalue weighted by Crippen LogP contribution is -2.50. The van der Waals surface area contributed by atoms with Crippen LogP contribution in [0.3, 0.4) is 0 Å². The number of carbonyl (C=O) groups is 2. The first-order valence-electron chi connectivity index (χ1n) is 7.63. The number of halogens is 2. The number of nitriles is 1. The van der Waals surface area contributed by atoms with Crippen molar-refractivity contribution in [3.63, 3.8) is 0 Å². The first-order valence-corrected chi connectivity index (χ1v) is 8.62. The summed E-state index contributed by atoms with van der Waals surface area (Å²) in [6.07, 6.45) is 0.0106. The SMILES string of the molecule is CC(C)[C@@](C)(C#N)NC(=O)COC(=O)CCSc1ccc(F)c(F)c1. The van der Waals surface area contributed by atoms with Crippen LogP contribution in [0.2, 0.25) is 0 Å². The lowest BCUT2D eigenvalue weighted by Gasteiger charge is -2.27. The number of hydrogen-bond acceptors (Lipinski definition) is 5. The van der Waals surface area contributed by atoms with E-state index < -0.39 is 35.7 Å². The third-order valence-electron chi connectivity index (χ3n) is 3.62. The Morgan fingerprint density at radius 2 is 2.04 bits per heavy atom. The molecule has 0 aliphatic carbocycles. The van der Waals surface area contributed by atoms with Crippen molar-refractivity contribution in [3.8, 4) is 6.07 Å². The Morgan fingerprint density at radius 1 is 1.36 bits per heavy atom. The van der Waals surface area contributed by atoms with E-state index in [-0.39, 0.29) is 12.3 Å². The maximum atomic E-state index is 13.0. The molecule has 0 heterocycles. The molecule has 0 radical (unpaired) electrons. The van der Waals surface area contributed by atoms with Gasteiger partial charge in [-0.2, -0.15) is 5.26 Å². The monoisotopic (exact) mass is 370 g/mol. The van der Waals surface area contributed by atoms with Crippen molar-refractivity contribution in [2.45, 2.75) is 37.6 Å². The predicted octanol–water partition coefficient (Wildman–Crippen LogP) is 3.04. The third-order valence-corrected chi connectivity index (χ3v) is 4.61. The van der Waals surface area contributed by atoms with Crippen molar-refractivity contribution in [2.75, 3.05) is 12.4 Å². The van der Waals surface area contributed by atoms with Gasteiger partial charge in [-0.3, -0.25) is 9.59 Å². The molecule has 0 fully saturated rings. The molecule has 1 rings (SSSR count). The Morgan fingerprint density at radius 3 is 2.60 bits per heavy atom. The highest BCUT2D eigenvalue weighted by Crippen LogP contribution is 2.21. The summed E-state index contributed by atoms with van der Waals surface area (Å²) in [4.78, 5) is 23.9. The minimum Gasteiger partial charge on any atom is -0.456 e. The maximum absolute atomic E-state index is 13.0. The van der Waals surface area contributed by atoms with E-state index in [0.29, 0.717) is 10.6 Å². The molecule has 0 spiro atoms. The van der Waals surface area contributed by atoms with Gasteiger partial charge in [0.25, 0.3) is 5.91 Å². The summed E-state index contributed by atoms with van der Waals surface area (Å²) in [6.45, 7) is 4.71. The maximum Gasteiger partial charge on any atom is 0.307 e. The van der Waals surface area contributed by atoms with Crippen molar-refractivity contribution < 1.29 is 23.1 Å². The molecule has 1 aromatic carbocycles. The normalized spacial score (nSPS) is 13.0. The van der Waals surface area contributed by atoms with Gasteiger partial charge >= 0.3 is 5.97 Å². The fourth-order valence-corrected chi connectivity index (χ4v) is 2.52. The highest BCUT2D eigenvalue weighted by atomic mass is 32.2. The molecule has 0 aliphatic rings. The molecule has 0 unspecified atom stereocenters. The molecule has 0 aliphatic heterocycles. The molecule has 1 N–H and O–H groups in total. The van der Waals surface area contributed by atoms with Crippen molar-refractivity contribution in [2.24, 2.45) is 5.92 Å². The molecule has 1 aromatic rings. The Kier molecular flexibility index (Phi) is 7.84. The molecular formula is C17H20F2N2O3S. The largest absolute Gasteiger partial charge is 0.456 e. The molecule has 0 saturated carbocycles. The van der Waals surface area contributed by atoms with E-state index >= 15 is 0 Å². The predicted molar refractivity (Wildman–Crippen MR) is 89.7 cm³/mol. The van der Waals surface area contributed by atoms with E-state index in [2.05, 4.69) is 5.32 Å². The lowest BCUT2D eigenvalue weighted by molar-refractivity contribution is -0.148. The first kappa shape index (κ1) is 20.9. The number of esters is 1. The smallest absolute Gasteiger partial charge is 0.307 e. The van der Waals surface area contributed by atoms with Crippen LogP contribution in [0.15, 0.2) is 23.1 Å². The summed E-state index contributed by atoms with van der Waals surface area (Å²) in [6, 6.07) is 5.50. The zero-order valence-electron chi connectivity index (χ0n) is 14.3. The molecule has 1 atom stereocenters. The number of rotatable bonds is 8. The summed E-state index contributed by atoms with van der Waals surface area (Å²) in [5.41, 5.74) is -1.04. The van der Waals surface area contributed by atoms with Crippen molar-refractivity contribution in [3.05, 3.63) is 29.8 Å². The molecule has 0 bridgehead atoms. The quantitative estimate of drug-likeness (QED) is 0.562. The van der Waals surface area contributed by atoms with E-state index in [9.17, 15) is 18.4 Å². The number of carbonyl (C=O) groups excluding carboxylic acids is 2. The van der Waals surface area contributed by atoms with Gasteiger partial charge in [-0.25, -0.2) is 8.78 Å². The van der Waals surface area contributed by atoms with Gasteiger partial charge in [0.1, 0.15) is 5.54 Å². The van der Waals surface area contributed by atoms with Crippen LogP contribution < -0.4 is 5.32 Å². The number of amides is 1. The van der Waals surface area contributed by atoms with Crippen molar-refractivity contribution in [1.82, 2.24) is 5.32 Å². The Balaban J connectivity index is 2.34. The molecule has 136 valence electrons. The number of hydrogen-bond donors (Lipinski definition) is 1. The summed E-state index contributed by atoms with van der Waals surface area (Å²) >= 11 is 1.17. The summed E-state index contributed by atoms with van der Waals surface area (Å²) in [5.74, 6) is -2.83. The van der Waals surface area contributed by atoms with Gasteiger partial charge in [-0.05, 0) is 31.0 Å². The van der Waals surface area contributed by atoms with Gasteiger partial charge in [-0.15, -0.1) is 11.8 Å². The van der Waals surface area contributed by atoms with Crippen LogP contribution in [0.25, 0.3) is 0 Å². The topological polar surface area (TPSA) is 79.2 Å². The molecular weight excluding hydrogens is 350 g/mol. The van der Waals surface area contributed by atoms with Gasteiger partial charge in [0.05, 0.1) is 12.5 Å². The van der Waals surface area contributed by atoms with Gasteiger partial charge < -0.3 is 10.1 Å². The van der Waals surface area contributed by atoms with Gasteiger partial charge in [-0.1, -0.05) is 13.8 Å². The van der Waals surface area contributed by atoms with Crippen LogP contribution in [-0.2, 0) is 14.3 Å². The molecule has 0 saturated heterocycles. The number of nitrogens with one attached hydrogen (secondary N) is 1. The highest BCUT2D eigenvalue weighted by molar-refractivity contribution is 7.99. The van der Waals surface area contributed by atoms with E-state index in [1.807, 2.05) is 6.07 Å². The second kappa shape index (κ2) is 9.37. The molecule has 0 aromatic heterocycles. The minimum atomic E-state index is -1.04. The standard InChI is InChI=1S/C17H20F2N2O3S/c1-11(2)17(3,10-20)21-15(22)9-24-16(23)6-7-25-12-4-5-13(18)14(19)8-12/h4-5,8,11H,6-7,9H2,1-3H3,(H,21,22)/t17-/m1/s1. The number of nitrogens with zero attached hydrogens (tertiary/aromatic N) is 1. The van der Waals surface area contributed by atoms with Crippen LogP contribution >= 0.6 is 11.8 Å². The Hall–Kier alpha value is -2.14. The second-order valence-electron chi connectivity index (χ2n) is 5.85. The van der Waals surface area contributed by atoms with Crippen LogP contribution in [0.1, 0.15) is 27.2 Å². The highest BCUT2D eigenvalue weighted by Gasteiger charge is 2.30. The van der Waals surface area contributed by atoms with Crippen molar-refractivity contribution >= 4 is 23.6 Å². The van der Waals surface area contributed by atoms with Crippen LogP contribution in [0.5, 0.6) is 0 Å². The first-order chi connectivity index (χ1) is 11.7. The lowest BCUT2D eigenvalue weighted by atomic mass is 9.90.